The first-order chi connectivity index (χ1) is 4.18. The van der Waals surface area contributed by atoms with Crippen molar-refractivity contribution >= 4 is 5.78 Å². The van der Waals surface area contributed by atoms with Gasteiger partial charge in [0.2, 0.25) is 0 Å². The van der Waals surface area contributed by atoms with Gasteiger partial charge in [0.05, 0.1) is 0 Å². The second kappa shape index (κ2) is 4.50. The molecule has 1 unspecified atom stereocenters. The molecule has 0 aliphatic rings. The first-order valence-electron chi connectivity index (χ1n) is 3.09. The Bertz CT molecular complexity index is 86.9. The quantitative estimate of drug-likeness (QED) is 0.608. The van der Waals surface area contributed by atoms with E-state index in [1.165, 1.54) is 6.92 Å². The van der Waals surface area contributed by atoms with E-state index in [-0.39, 0.29) is 5.78 Å². The largest absolute Gasteiger partial charge is 0.386 e. The Morgan fingerprint density at radius 3 is 2.67 bits per heavy atom. The van der Waals surface area contributed by atoms with Gasteiger partial charge in [0, 0.05) is 6.42 Å². The topological polar surface area (TPSA) is 37.3 Å². The molecule has 0 aromatic rings. The molecule has 2 nitrogen and oxygen atoms in total. The minimum atomic E-state index is -0.823. The fourth-order valence-corrected chi connectivity index (χ4v) is 0.485. The number of aliphatic hydroxyl groups is 1. The normalized spacial score (nSPS) is 13.2. The number of carbonyl (C=O) groups is 1. The highest BCUT2D eigenvalue weighted by atomic mass is 16.3. The van der Waals surface area contributed by atoms with Crippen LogP contribution in [-0.2, 0) is 4.79 Å². The summed E-state index contributed by atoms with van der Waals surface area (Å²) in [7, 11) is 0. The van der Waals surface area contributed by atoms with Gasteiger partial charge in [0.15, 0.2) is 5.78 Å². The van der Waals surface area contributed by atoms with Gasteiger partial charge in [-0.15, -0.1) is 0 Å². The molecule has 0 spiro atoms. The Morgan fingerprint density at radius 1 is 1.78 bits per heavy atom. The first kappa shape index (κ1) is 8.63. The molecular formula is C7H12O2. The highest BCUT2D eigenvalue weighted by molar-refractivity contribution is 5.82. The Morgan fingerprint density at radius 2 is 2.33 bits per heavy atom. The van der Waals surface area contributed by atoms with Crippen LogP contribution in [0.4, 0.5) is 0 Å². The molecule has 52 valence electrons. The molecule has 0 aromatic heterocycles. The van der Waals surface area contributed by atoms with Crippen molar-refractivity contribution in [3.8, 4) is 0 Å². The minimum absolute atomic E-state index is 0.125. The molecule has 0 rings (SSSR count). The highest BCUT2D eigenvalue weighted by Gasteiger charge is 2.06. The summed E-state index contributed by atoms with van der Waals surface area (Å²) < 4.78 is 0. The standard InChI is InChI=1S/C7H12O2/c1-3-4-5-7(9)6(2)8/h1,6,8H,3-5H2,2H3. The van der Waals surface area contributed by atoms with Gasteiger partial charge >= 0.3 is 0 Å². The third-order valence-corrected chi connectivity index (χ3v) is 1.09. The average molecular weight is 128 g/mol. The third-order valence-electron chi connectivity index (χ3n) is 1.09. The van der Waals surface area contributed by atoms with Crippen LogP contribution >= 0.6 is 0 Å². The fourth-order valence-electron chi connectivity index (χ4n) is 0.485. The lowest BCUT2D eigenvalue weighted by molar-refractivity contribution is -0.126. The van der Waals surface area contributed by atoms with Gasteiger partial charge in [-0.1, -0.05) is 0 Å². The van der Waals surface area contributed by atoms with Crippen LogP contribution in [0, 0.1) is 6.92 Å². The van der Waals surface area contributed by atoms with Crippen LogP contribution in [0.2, 0.25) is 0 Å². The number of hydrogen-bond donors (Lipinski definition) is 1. The van der Waals surface area contributed by atoms with E-state index in [1.54, 1.807) is 0 Å². The fraction of sp³-hybridized carbons (Fsp3) is 0.714. The van der Waals surface area contributed by atoms with E-state index in [0.29, 0.717) is 19.3 Å². The predicted octanol–water partition coefficient (Wildman–Crippen LogP) is 0.818. The van der Waals surface area contributed by atoms with E-state index < -0.39 is 6.10 Å². The summed E-state index contributed by atoms with van der Waals surface area (Å²) in [5.41, 5.74) is 0. The number of hydrogen-bond acceptors (Lipinski definition) is 2. The van der Waals surface area contributed by atoms with E-state index in [2.05, 4.69) is 0 Å². The molecule has 0 amide bonds. The summed E-state index contributed by atoms with van der Waals surface area (Å²) in [6.45, 7) is 6.61. The van der Waals surface area contributed by atoms with E-state index in [0.717, 1.165) is 0 Å². The summed E-state index contributed by atoms with van der Waals surface area (Å²) in [4.78, 5) is 10.6. The summed E-state index contributed by atoms with van der Waals surface area (Å²) in [5, 5.41) is 8.66. The maximum atomic E-state index is 10.6. The maximum Gasteiger partial charge on any atom is 0.160 e. The zero-order valence-electron chi connectivity index (χ0n) is 5.63. The second-order valence-corrected chi connectivity index (χ2v) is 2.03. The summed E-state index contributed by atoms with van der Waals surface area (Å²) in [6, 6.07) is 0. The van der Waals surface area contributed by atoms with Gasteiger partial charge in [-0.3, -0.25) is 4.79 Å². The van der Waals surface area contributed by atoms with Crippen LogP contribution in [0.25, 0.3) is 0 Å². The van der Waals surface area contributed by atoms with Crippen molar-refractivity contribution in [2.24, 2.45) is 0 Å². The zero-order chi connectivity index (χ0) is 7.28. The zero-order valence-corrected chi connectivity index (χ0v) is 5.63. The highest BCUT2D eigenvalue weighted by Crippen LogP contribution is 1.97. The molecule has 0 aliphatic carbocycles. The van der Waals surface area contributed by atoms with Crippen LogP contribution in [0.15, 0.2) is 0 Å². The van der Waals surface area contributed by atoms with Crippen LogP contribution < -0.4 is 0 Å². The minimum Gasteiger partial charge on any atom is -0.386 e. The van der Waals surface area contributed by atoms with Crippen molar-refractivity contribution in [1.29, 1.82) is 0 Å². The number of carbonyl (C=O) groups excluding carboxylic acids is 1. The Kier molecular flexibility index (Phi) is 4.32. The van der Waals surface area contributed by atoms with Gasteiger partial charge in [0.1, 0.15) is 6.10 Å². The first-order valence-corrected chi connectivity index (χ1v) is 3.09. The molecule has 9 heavy (non-hydrogen) atoms. The molecule has 0 bridgehead atoms. The van der Waals surface area contributed by atoms with Crippen molar-refractivity contribution in [2.75, 3.05) is 0 Å². The number of ketones is 1. The smallest absolute Gasteiger partial charge is 0.160 e. The van der Waals surface area contributed by atoms with Crippen molar-refractivity contribution in [3.05, 3.63) is 6.92 Å². The second-order valence-electron chi connectivity index (χ2n) is 2.03. The van der Waals surface area contributed by atoms with Gasteiger partial charge in [-0.05, 0) is 26.7 Å². The molecule has 0 fully saturated rings. The molecule has 0 heterocycles. The third kappa shape index (κ3) is 4.15. The molecule has 2 radical (unpaired) electrons. The molecule has 0 saturated heterocycles. The molecule has 0 aliphatic heterocycles. The number of aliphatic hydroxyl groups excluding tert-OH is 1. The van der Waals surface area contributed by atoms with Crippen LogP contribution in [0.5, 0.6) is 0 Å². The SMILES string of the molecule is [CH]CCCC(=O)C(C)O. The van der Waals surface area contributed by atoms with Crippen molar-refractivity contribution in [1.82, 2.24) is 0 Å². The maximum absolute atomic E-state index is 10.6. The van der Waals surface area contributed by atoms with Crippen LogP contribution in [0.1, 0.15) is 26.2 Å². The van der Waals surface area contributed by atoms with Gasteiger partial charge < -0.3 is 5.11 Å². The van der Waals surface area contributed by atoms with E-state index in [9.17, 15) is 4.79 Å². The van der Waals surface area contributed by atoms with Crippen molar-refractivity contribution in [3.63, 3.8) is 0 Å². The monoisotopic (exact) mass is 128 g/mol. The lowest BCUT2D eigenvalue weighted by atomic mass is 10.1. The summed E-state index contributed by atoms with van der Waals surface area (Å²) in [6.07, 6.45) is 0.757. The van der Waals surface area contributed by atoms with Gasteiger partial charge in [-0.25, -0.2) is 0 Å². The van der Waals surface area contributed by atoms with E-state index in [4.69, 9.17) is 12.0 Å². The lowest BCUT2D eigenvalue weighted by Crippen LogP contribution is -2.15. The molecule has 0 aromatic carbocycles. The molecule has 1 atom stereocenters. The summed E-state index contributed by atoms with van der Waals surface area (Å²) >= 11 is 0. The number of rotatable bonds is 4. The summed E-state index contributed by atoms with van der Waals surface area (Å²) in [5.74, 6) is -0.125. The van der Waals surface area contributed by atoms with Crippen LogP contribution in [-0.4, -0.2) is 17.0 Å². The number of unbranched alkanes of at least 4 members (excludes halogenated alkanes) is 1. The Labute approximate surface area is 55.9 Å². The molecule has 2 heteroatoms. The van der Waals surface area contributed by atoms with Crippen LogP contribution in [0.3, 0.4) is 0 Å². The Balaban J connectivity index is 3.28. The van der Waals surface area contributed by atoms with E-state index >= 15 is 0 Å². The van der Waals surface area contributed by atoms with E-state index in [1.807, 2.05) is 0 Å². The Hall–Kier alpha value is -0.370. The molecule has 1 N–H and O–H groups in total. The number of Topliss-reactive ketones (excluding diaryl/α,β-unsaturated/α-hetero) is 1. The van der Waals surface area contributed by atoms with Gasteiger partial charge in [-0.2, -0.15) is 0 Å². The predicted molar refractivity (Wildman–Crippen MR) is 34.8 cm³/mol. The van der Waals surface area contributed by atoms with Crippen molar-refractivity contribution in [2.45, 2.75) is 32.3 Å². The lowest BCUT2D eigenvalue weighted by Gasteiger charge is -1.99. The van der Waals surface area contributed by atoms with Crippen molar-refractivity contribution < 1.29 is 9.90 Å². The molecular weight excluding hydrogens is 116 g/mol. The molecule has 0 saturated carbocycles. The van der Waals surface area contributed by atoms with Gasteiger partial charge in [0.25, 0.3) is 0 Å². The average Bonchev–Trinajstić information content (AvgIpc) is 1.82.